The smallest absolute Gasteiger partial charge is 0.267 e. The first kappa shape index (κ1) is 20.8. The third kappa shape index (κ3) is 4.37. The summed E-state index contributed by atoms with van der Waals surface area (Å²) in [5.74, 6) is -3.85. The number of halogens is 3. The predicted octanol–water partition coefficient (Wildman–Crippen LogP) is 2.33. The third-order valence-corrected chi connectivity index (χ3v) is 4.13. The summed E-state index contributed by atoms with van der Waals surface area (Å²) >= 11 is 0. The molecule has 3 aromatic rings. The maximum absolute atomic E-state index is 13.8. The van der Waals surface area contributed by atoms with Crippen LogP contribution in [-0.4, -0.2) is 28.4 Å². The quantitative estimate of drug-likeness (QED) is 0.668. The number of nitrogens with one attached hydrogen (secondary N) is 2. The van der Waals surface area contributed by atoms with Gasteiger partial charge in [0, 0.05) is 24.9 Å². The first-order chi connectivity index (χ1) is 14.3. The van der Waals surface area contributed by atoms with E-state index >= 15 is 0 Å². The van der Waals surface area contributed by atoms with Crippen molar-refractivity contribution in [3.8, 4) is 11.4 Å². The van der Waals surface area contributed by atoms with E-state index in [9.17, 15) is 27.6 Å². The Morgan fingerprint density at radius 3 is 2.33 bits per heavy atom. The fraction of sp³-hybridized carbons (Fsp3) is 0.100. The van der Waals surface area contributed by atoms with Crippen LogP contribution in [0.25, 0.3) is 11.4 Å². The van der Waals surface area contributed by atoms with E-state index in [0.29, 0.717) is 11.6 Å². The Balaban J connectivity index is 2.01. The summed E-state index contributed by atoms with van der Waals surface area (Å²) in [6, 6.07) is 7.59. The number of nitrogens with zero attached hydrogens (tertiary/aromatic N) is 2. The van der Waals surface area contributed by atoms with E-state index in [2.05, 4.69) is 15.6 Å². The van der Waals surface area contributed by atoms with Crippen LogP contribution in [0.5, 0.6) is 0 Å². The average molecular weight is 416 g/mol. The summed E-state index contributed by atoms with van der Waals surface area (Å²) in [5.41, 5.74) is -1.10. The molecule has 7 nitrogen and oxygen atoms in total. The van der Waals surface area contributed by atoms with Gasteiger partial charge in [0.1, 0.15) is 35.4 Å². The van der Waals surface area contributed by atoms with Gasteiger partial charge in [-0.2, -0.15) is 0 Å². The lowest BCUT2D eigenvalue weighted by atomic mass is 10.2. The van der Waals surface area contributed by atoms with Crippen LogP contribution < -0.4 is 16.2 Å². The average Bonchev–Trinajstić information content (AvgIpc) is 2.72. The Morgan fingerprint density at radius 1 is 1.03 bits per heavy atom. The Hall–Kier alpha value is -3.95. The van der Waals surface area contributed by atoms with Crippen LogP contribution in [0.2, 0.25) is 0 Å². The second kappa shape index (κ2) is 8.60. The molecule has 0 radical (unpaired) electrons. The van der Waals surface area contributed by atoms with Crippen molar-refractivity contribution in [3.05, 3.63) is 82.0 Å². The van der Waals surface area contributed by atoms with E-state index in [1.165, 1.54) is 19.2 Å². The zero-order valence-corrected chi connectivity index (χ0v) is 15.6. The van der Waals surface area contributed by atoms with E-state index in [0.717, 1.165) is 35.0 Å². The van der Waals surface area contributed by atoms with E-state index in [-0.39, 0.29) is 17.1 Å². The predicted molar refractivity (Wildman–Crippen MR) is 102 cm³/mol. The molecule has 0 bridgehead atoms. The molecule has 2 N–H and O–H groups in total. The highest BCUT2D eigenvalue weighted by Gasteiger charge is 2.19. The highest BCUT2D eigenvalue weighted by molar-refractivity contribution is 5.94. The lowest BCUT2D eigenvalue weighted by Gasteiger charge is -2.14. The molecule has 0 saturated carbocycles. The maximum atomic E-state index is 13.8. The molecule has 10 heteroatoms. The maximum Gasteiger partial charge on any atom is 0.267 e. The number of anilines is 1. The first-order valence-corrected chi connectivity index (χ1v) is 8.63. The summed E-state index contributed by atoms with van der Waals surface area (Å²) in [5, 5.41) is 4.53. The highest BCUT2D eigenvalue weighted by Crippen LogP contribution is 2.18. The second-order valence-corrected chi connectivity index (χ2v) is 6.15. The van der Waals surface area contributed by atoms with E-state index in [4.69, 9.17) is 0 Å². The zero-order chi connectivity index (χ0) is 21.8. The number of hydrogen-bond acceptors (Lipinski definition) is 4. The molecular formula is C20H15F3N4O3. The molecular weight excluding hydrogens is 401 g/mol. The Kier molecular flexibility index (Phi) is 5.95. The summed E-state index contributed by atoms with van der Waals surface area (Å²) < 4.78 is 41.0. The van der Waals surface area contributed by atoms with Gasteiger partial charge >= 0.3 is 0 Å². The largest absolute Gasteiger partial charge is 0.355 e. The molecule has 0 unspecified atom stereocenters. The zero-order valence-electron chi connectivity index (χ0n) is 15.6. The summed E-state index contributed by atoms with van der Waals surface area (Å²) in [6.07, 6.45) is 1.05. The fourth-order valence-corrected chi connectivity index (χ4v) is 2.68. The molecule has 0 spiro atoms. The van der Waals surface area contributed by atoms with Crippen LogP contribution in [0.4, 0.5) is 18.9 Å². The Labute approximate surface area is 168 Å². The molecule has 154 valence electrons. The molecule has 0 aliphatic rings. The minimum atomic E-state index is -0.994. The van der Waals surface area contributed by atoms with E-state index in [1.807, 2.05) is 0 Å². The van der Waals surface area contributed by atoms with E-state index in [1.54, 1.807) is 0 Å². The number of aromatic nitrogens is 2. The van der Waals surface area contributed by atoms with E-state index < -0.39 is 41.4 Å². The highest BCUT2D eigenvalue weighted by atomic mass is 19.1. The molecule has 0 atom stereocenters. The lowest BCUT2D eigenvalue weighted by molar-refractivity contribution is -0.116. The number of carbonyl (C=O) groups is 2. The van der Waals surface area contributed by atoms with Gasteiger partial charge in [-0.1, -0.05) is 0 Å². The van der Waals surface area contributed by atoms with Crippen LogP contribution in [0.15, 0.2) is 53.5 Å². The van der Waals surface area contributed by atoms with Gasteiger partial charge in [0.15, 0.2) is 0 Å². The van der Waals surface area contributed by atoms with Gasteiger partial charge in [0.25, 0.3) is 11.5 Å². The minimum Gasteiger partial charge on any atom is -0.355 e. The van der Waals surface area contributed by atoms with Crippen LogP contribution in [0.1, 0.15) is 10.4 Å². The van der Waals surface area contributed by atoms with Crippen molar-refractivity contribution in [2.45, 2.75) is 6.54 Å². The number of hydrogen-bond donors (Lipinski definition) is 2. The van der Waals surface area contributed by atoms with Gasteiger partial charge in [-0.25, -0.2) is 18.2 Å². The number of carbonyl (C=O) groups excluding carboxylic acids is 2. The van der Waals surface area contributed by atoms with Gasteiger partial charge in [-0.3, -0.25) is 19.0 Å². The Bertz CT molecular complexity index is 1180. The van der Waals surface area contributed by atoms with Crippen molar-refractivity contribution in [2.24, 2.45) is 0 Å². The molecule has 1 aromatic heterocycles. The van der Waals surface area contributed by atoms with Crippen molar-refractivity contribution < 1.29 is 22.8 Å². The first-order valence-electron chi connectivity index (χ1n) is 8.63. The minimum absolute atomic E-state index is 0.00220. The van der Waals surface area contributed by atoms with Gasteiger partial charge in [-0.05, 0) is 36.4 Å². The third-order valence-electron chi connectivity index (χ3n) is 4.13. The van der Waals surface area contributed by atoms with Crippen LogP contribution >= 0.6 is 0 Å². The number of benzene rings is 2. The standard InChI is InChI=1S/C20H15F3N4O3/c1-24-19(29)14-9-25-18(11-2-4-12(21)5-3-11)27(20(14)30)10-17(28)26-16-7-6-13(22)8-15(16)23/h2-9H,10H2,1H3,(H,24,29)(H,26,28). The number of rotatable bonds is 5. The SMILES string of the molecule is CNC(=O)c1cnc(-c2ccc(F)cc2)n(CC(=O)Nc2ccc(F)cc2F)c1=O. The summed E-state index contributed by atoms with van der Waals surface area (Å²) in [4.78, 5) is 41.3. The second-order valence-electron chi connectivity index (χ2n) is 6.15. The summed E-state index contributed by atoms with van der Waals surface area (Å²) in [7, 11) is 1.32. The molecule has 0 fully saturated rings. The van der Waals surface area contributed by atoms with Crippen molar-refractivity contribution >= 4 is 17.5 Å². The normalized spacial score (nSPS) is 10.5. The molecule has 0 aliphatic carbocycles. The Morgan fingerprint density at radius 2 is 1.70 bits per heavy atom. The topological polar surface area (TPSA) is 93.1 Å². The van der Waals surface area contributed by atoms with Crippen LogP contribution in [0.3, 0.4) is 0 Å². The van der Waals surface area contributed by atoms with Crippen molar-refractivity contribution in [2.75, 3.05) is 12.4 Å². The lowest BCUT2D eigenvalue weighted by Crippen LogP contribution is -2.35. The van der Waals surface area contributed by atoms with Gasteiger partial charge in [0.2, 0.25) is 5.91 Å². The molecule has 0 saturated heterocycles. The monoisotopic (exact) mass is 416 g/mol. The molecule has 0 aliphatic heterocycles. The molecule has 30 heavy (non-hydrogen) atoms. The van der Waals surface area contributed by atoms with Crippen LogP contribution in [-0.2, 0) is 11.3 Å². The molecule has 2 amide bonds. The van der Waals surface area contributed by atoms with Gasteiger partial charge < -0.3 is 10.6 Å². The summed E-state index contributed by atoms with van der Waals surface area (Å²) in [6.45, 7) is -0.625. The fourth-order valence-electron chi connectivity index (χ4n) is 2.68. The van der Waals surface area contributed by atoms with Crippen molar-refractivity contribution in [3.63, 3.8) is 0 Å². The molecule has 3 rings (SSSR count). The molecule has 1 heterocycles. The van der Waals surface area contributed by atoms with Gasteiger partial charge in [0.05, 0.1) is 5.69 Å². The van der Waals surface area contributed by atoms with Gasteiger partial charge in [-0.15, -0.1) is 0 Å². The number of amides is 2. The van der Waals surface area contributed by atoms with Crippen molar-refractivity contribution in [1.82, 2.24) is 14.9 Å². The van der Waals surface area contributed by atoms with Crippen LogP contribution in [0, 0.1) is 17.5 Å². The van der Waals surface area contributed by atoms with Crippen molar-refractivity contribution in [1.29, 1.82) is 0 Å². The molecule has 2 aromatic carbocycles.